The largest absolute Gasteiger partial charge is 0.495 e. The smallest absolute Gasteiger partial charge is 0.138 e. The van der Waals surface area contributed by atoms with Crippen LogP contribution in [-0.2, 0) is 0 Å². The molecule has 1 N–H and O–H groups in total. The molecule has 1 heterocycles. The maximum absolute atomic E-state index is 5.92. The molecule has 1 fully saturated rings. The fraction of sp³-hybridized carbons (Fsp3) is 0.455. The molecule has 1 aliphatic rings. The van der Waals surface area contributed by atoms with E-state index >= 15 is 0 Å². The van der Waals surface area contributed by atoms with E-state index in [0.717, 1.165) is 29.1 Å². The van der Waals surface area contributed by atoms with E-state index in [9.17, 15) is 0 Å². The zero-order valence-corrected chi connectivity index (χ0v) is 10.4. The molecule has 0 aromatic heterocycles. The minimum absolute atomic E-state index is 0.0884. The molecule has 0 spiro atoms. The zero-order chi connectivity index (χ0) is 10.9. The number of rotatable bonds is 3. The summed E-state index contributed by atoms with van der Waals surface area (Å²) in [5, 5.41) is 3.20. The average Bonchev–Trinajstić information content (AvgIpc) is 2.19. The quantitative estimate of drug-likeness (QED) is 0.915. The van der Waals surface area contributed by atoms with Crippen LogP contribution < -0.4 is 14.8 Å². The van der Waals surface area contributed by atoms with Gasteiger partial charge in [-0.1, -0.05) is 6.07 Å². The normalized spacial score (nSPS) is 18.1. The van der Waals surface area contributed by atoms with E-state index in [0.29, 0.717) is 0 Å². The summed E-state index contributed by atoms with van der Waals surface area (Å²) in [6.07, 6.45) is 0. The maximum atomic E-state index is 5.92. The van der Waals surface area contributed by atoms with Crippen LogP contribution in [0, 0.1) is 0 Å². The molecule has 0 atom stereocenters. The van der Waals surface area contributed by atoms with Gasteiger partial charge in [0.25, 0.3) is 0 Å². The van der Waals surface area contributed by atoms with Crippen LogP contribution in [0.15, 0.2) is 22.7 Å². The Hall–Kier alpha value is -0.740. The highest BCUT2D eigenvalue weighted by Gasteiger charge is 2.34. The van der Waals surface area contributed by atoms with Crippen molar-refractivity contribution in [2.24, 2.45) is 0 Å². The fourth-order valence-corrected chi connectivity index (χ4v) is 2.05. The van der Waals surface area contributed by atoms with Crippen molar-refractivity contribution in [3.8, 4) is 11.5 Å². The number of hydrogen-bond acceptors (Lipinski definition) is 3. The summed E-state index contributed by atoms with van der Waals surface area (Å²) in [6, 6.07) is 5.77. The fourth-order valence-electron chi connectivity index (χ4n) is 1.54. The van der Waals surface area contributed by atoms with Gasteiger partial charge in [-0.15, -0.1) is 0 Å². The first-order valence-corrected chi connectivity index (χ1v) is 5.66. The zero-order valence-electron chi connectivity index (χ0n) is 8.84. The highest BCUT2D eigenvalue weighted by atomic mass is 79.9. The summed E-state index contributed by atoms with van der Waals surface area (Å²) >= 11 is 3.48. The molecule has 82 valence electrons. The summed E-state index contributed by atoms with van der Waals surface area (Å²) in [4.78, 5) is 0. The van der Waals surface area contributed by atoms with Crippen molar-refractivity contribution in [2.45, 2.75) is 12.5 Å². The van der Waals surface area contributed by atoms with Gasteiger partial charge in [-0.3, -0.25) is 0 Å². The van der Waals surface area contributed by atoms with Crippen molar-refractivity contribution in [1.29, 1.82) is 0 Å². The average molecular weight is 272 g/mol. The van der Waals surface area contributed by atoms with E-state index < -0.39 is 0 Å². The molecule has 0 unspecified atom stereocenters. The first-order valence-electron chi connectivity index (χ1n) is 4.87. The van der Waals surface area contributed by atoms with Gasteiger partial charge in [0.15, 0.2) is 0 Å². The van der Waals surface area contributed by atoms with Crippen LogP contribution in [0.4, 0.5) is 0 Å². The van der Waals surface area contributed by atoms with Crippen LogP contribution in [0.1, 0.15) is 6.92 Å². The lowest BCUT2D eigenvalue weighted by molar-refractivity contribution is 0.0339. The van der Waals surface area contributed by atoms with Crippen molar-refractivity contribution in [3.05, 3.63) is 22.7 Å². The highest BCUT2D eigenvalue weighted by molar-refractivity contribution is 9.10. The molecule has 1 saturated heterocycles. The van der Waals surface area contributed by atoms with Crippen molar-refractivity contribution in [2.75, 3.05) is 20.2 Å². The molecule has 0 bridgehead atoms. The molecule has 0 radical (unpaired) electrons. The van der Waals surface area contributed by atoms with Crippen LogP contribution in [-0.4, -0.2) is 25.8 Å². The predicted molar refractivity (Wildman–Crippen MR) is 62.6 cm³/mol. The number of hydrogen-bond donors (Lipinski definition) is 1. The van der Waals surface area contributed by atoms with Crippen LogP contribution >= 0.6 is 15.9 Å². The lowest BCUT2D eigenvalue weighted by Crippen LogP contribution is -2.61. The molecule has 0 amide bonds. The first kappa shape index (κ1) is 10.8. The molecule has 1 aliphatic heterocycles. The van der Waals surface area contributed by atoms with Gasteiger partial charge >= 0.3 is 0 Å². The highest BCUT2D eigenvalue weighted by Crippen LogP contribution is 2.36. The number of ether oxygens (including phenoxy) is 2. The van der Waals surface area contributed by atoms with E-state index in [1.165, 1.54) is 0 Å². The van der Waals surface area contributed by atoms with Crippen LogP contribution in [0.3, 0.4) is 0 Å². The number of benzene rings is 1. The Morgan fingerprint density at radius 3 is 2.53 bits per heavy atom. The van der Waals surface area contributed by atoms with E-state index in [2.05, 4.69) is 28.2 Å². The number of halogens is 1. The SMILES string of the molecule is COc1cccc(OC2(C)CNC2)c1Br. The van der Waals surface area contributed by atoms with Gasteiger partial charge in [0.05, 0.1) is 7.11 Å². The minimum atomic E-state index is -0.0884. The van der Waals surface area contributed by atoms with Gasteiger partial charge in [0, 0.05) is 13.1 Å². The van der Waals surface area contributed by atoms with E-state index in [4.69, 9.17) is 9.47 Å². The predicted octanol–water partition coefficient (Wildman–Crippen LogP) is 2.20. The Labute approximate surface area is 97.9 Å². The number of nitrogens with one attached hydrogen (secondary N) is 1. The Morgan fingerprint density at radius 2 is 2.00 bits per heavy atom. The summed E-state index contributed by atoms with van der Waals surface area (Å²) in [5.41, 5.74) is -0.0884. The van der Waals surface area contributed by atoms with Gasteiger partial charge in [-0.25, -0.2) is 0 Å². The molecule has 3 nitrogen and oxygen atoms in total. The molecule has 4 heteroatoms. The Kier molecular flexibility index (Phi) is 2.89. The maximum Gasteiger partial charge on any atom is 0.138 e. The second kappa shape index (κ2) is 4.02. The van der Waals surface area contributed by atoms with Crippen molar-refractivity contribution in [1.82, 2.24) is 5.32 Å². The van der Waals surface area contributed by atoms with Gasteiger partial charge in [-0.05, 0) is 35.0 Å². The second-order valence-corrected chi connectivity index (χ2v) is 4.72. The molecule has 0 saturated carbocycles. The van der Waals surface area contributed by atoms with Gasteiger partial charge < -0.3 is 14.8 Å². The van der Waals surface area contributed by atoms with E-state index in [1.807, 2.05) is 18.2 Å². The monoisotopic (exact) mass is 271 g/mol. The van der Waals surface area contributed by atoms with Gasteiger partial charge in [-0.2, -0.15) is 0 Å². The lowest BCUT2D eigenvalue weighted by atomic mass is 10.00. The topological polar surface area (TPSA) is 30.5 Å². The summed E-state index contributed by atoms with van der Waals surface area (Å²) in [5.74, 6) is 1.63. The third-order valence-electron chi connectivity index (χ3n) is 2.50. The Bertz CT molecular complexity index is 364. The van der Waals surface area contributed by atoms with Gasteiger partial charge in [0.1, 0.15) is 21.6 Å². The molecule has 2 rings (SSSR count). The lowest BCUT2D eigenvalue weighted by Gasteiger charge is -2.39. The summed E-state index contributed by atoms with van der Waals surface area (Å²) in [6.45, 7) is 3.86. The minimum Gasteiger partial charge on any atom is -0.495 e. The van der Waals surface area contributed by atoms with Crippen molar-refractivity contribution < 1.29 is 9.47 Å². The van der Waals surface area contributed by atoms with Crippen LogP contribution in [0.25, 0.3) is 0 Å². The van der Waals surface area contributed by atoms with E-state index in [1.54, 1.807) is 7.11 Å². The first-order chi connectivity index (χ1) is 7.14. The molecule has 1 aromatic rings. The molecular weight excluding hydrogens is 258 g/mol. The van der Waals surface area contributed by atoms with Gasteiger partial charge in [0.2, 0.25) is 0 Å². The molecular formula is C11H14BrNO2. The summed E-state index contributed by atoms with van der Waals surface area (Å²) in [7, 11) is 1.65. The van der Waals surface area contributed by atoms with Crippen molar-refractivity contribution in [3.63, 3.8) is 0 Å². The third-order valence-corrected chi connectivity index (χ3v) is 3.28. The summed E-state index contributed by atoms with van der Waals surface area (Å²) < 4.78 is 12.0. The standard InChI is InChI=1S/C11H14BrNO2/c1-11(6-13-7-11)15-9-5-3-4-8(14-2)10(9)12/h3-5,13H,6-7H2,1-2H3. The van der Waals surface area contributed by atoms with Crippen molar-refractivity contribution >= 4 is 15.9 Å². The number of methoxy groups -OCH3 is 1. The Balaban J connectivity index is 2.20. The Morgan fingerprint density at radius 1 is 1.33 bits per heavy atom. The van der Waals surface area contributed by atoms with Crippen LogP contribution in [0.2, 0.25) is 0 Å². The third kappa shape index (κ3) is 2.11. The molecule has 1 aromatic carbocycles. The second-order valence-electron chi connectivity index (χ2n) is 3.93. The van der Waals surface area contributed by atoms with Crippen LogP contribution in [0.5, 0.6) is 11.5 Å². The van der Waals surface area contributed by atoms with E-state index in [-0.39, 0.29) is 5.60 Å². The molecule has 0 aliphatic carbocycles. The molecule has 15 heavy (non-hydrogen) atoms.